The van der Waals surface area contributed by atoms with Gasteiger partial charge >= 0.3 is 0 Å². The van der Waals surface area contributed by atoms with Crippen molar-refractivity contribution in [3.8, 4) is 0 Å². The quantitative estimate of drug-likeness (QED) is 0.889. The molecular formula is C12H12BrNS. The lowest BCUT2D eigenvalue weighted by Gasteiger charge is -2.12. The van der Waals surface area contributed by atoms with E-state index < -0.39 is 0 Å². The van der Waals surface area contributed by atoms with Gasteiger partial charge in [-0.1, -0.05) is 28.1 Å². The molecule has 78 valence electrons. The van der Waals surface area contributed by atoms with Crippen molar-refractivity contribution in [1.82, 2.24) is 0 Å². The maximum atomic E-state index is 6.22. The van der Waals surface area contributed by atoms with Crippen LogP contribution in [0.25, 0.3) is 0 Å². The van der Waals surface area contributed by atoms with Crippen molar-refractivity contribution in [3.63, 3.8) is 0 Å². The van der Waals surface area contributed by atoms with Crippen LogP contribution < -0.4 is 5.73 Å². The molecule has 2 aromatic rings. The first-order chi connectivity index (χ1) is 7.18. The van der Waals surface area contributed by atoms with Crippen molar-refractivity contribution in [2.45, 2.75) is 13.0 Å². The summed E-state index contributed by atoms with van der Waals surface area (Å²) in [5, 5.41) is 2.09. The molecule has 0 amide bonds. The first-order valence-corrected chi connectivity index (χ1v) is 6.41. The second kappa shape index (κ2) is 4.47. The highest BCUT2D eigenvalue weighted by molar-refractivity contribution is 9.10. The zero-order chi connectivity index (χ0) is 10.8. The normalized spacial score (nSPS) is 12.7. The molecule has 1 heterocycles. The van der Waals surface area contributed by atoms with Gasteiger partial charge in [-0.05, 0) is 41.6 Å². The molecule has 2 N–H and O–H groups in total. The van der Waals surface area contributed by atoms with E-state index in [0.717, 1.165) is 10.0 Å². The molecule has 0 aliphatic heterocycles. The first-order valence-electron chi connectivity index (χ1n) is 4.73. The van der Waals surface area contributed by atoms with Crippen LogP contribution in [0.15, 0.2) is 40.2 Å². The molecule has 1 atom stereocenters. The molecule has 0 saturated heterocycles. The molecule has 0 radical (unpaired) electrons. The molecule has 0 saturated carbocycles. The van der Waals surface area contributed by atoms with Gasteiger partial charge in [0, 0.05) is 9.35 Å². The molecule has 2 rings (SSSR count). The Labute approximate surface area is 102 Å². The number of hydrogen-bond donors (Lipinski definition) is 1. The molecule has 1 aromatic heterocycles. The van der Waals surface area contributed by atoms with E-state index in [2.05, 4.69) is 46.4 Å². The molecule has 1 unspecified atom stereocenters. The molecule has 1 nitrogen and oxygen atoms in total. The summed E-state index contributed by atoms with van der Waals surface area (Å²) in [6.45, 7) is 2.11. The average molecular weight is 282 g/mol. The highest BCUT2D eigenvalue weighted by Gasteiger charge is 2.11. The molecule has 0 fully saturated rings. The lowest BCUT2D eigenvalue weighted by Crippen LogP contribution is -2.11. The summed E-state index contributed by atoms with van der Waals surface area (Å²) in [5.41, 5.74) is 8.58. The van der Waals surface area contributed by atoms with Crippen LogP contribution >= 0.6 is 27.3 Å². The molecule has 1 aromatic carbocycles. The van der Waals surface area contributed by atoms with Crippen LogP contribution in [-0.4, -0.2) is 0 Å². The molecule has 0 aliphatic rings. The van der Waals surface area contributed by atoms with Gasteiger partial charge in [-0.15, -0.1) is 11.3 Å². The molecule has 3 heteroatoms. The Morgan fingerprint density at radius 3 is 2.73 bits per heavy atom. The van der Waals surface area contributed by atoms with E-state index in [1.54, 1.807) is 11.3 Å². The van der Waals surface area contributed by atoms with E-state index in [1.165, 1.54) is 10.4 Å². The van der Waals surface area contributed by atoms with Gasteiger partial charge in [0.05, 0.1) is 6.04 Å². The van der Waals surface area contributed by atoms with Gasteiger partial charge in [-0.2, -0.15) is 0 Å². The number of halogens is 1. The Balaban J connectivity index is 2.36. The smallest absolute Gasteiger partial charge is 0.0562 e. The fourth-order valence-corrected chi connectivity index (χ4v) is 2.76. The molecule has 0 aliphatic carbocycles. The van der Waals surface area contributed by atoms with Gasteiger partial charge in [0.25, 0.3) is 0 Å². The highest BCUT2D eigenvalue weighted by atomic mass is 79.9. The van der Waals surface area contributed by atoms with Crippen molar-refractivity contribution >= 4 is 27.3 Å². The van der Waals surface area contributed by atoms with E-state index >= 15 is 0 Å². The summed E-state index contributed by atoms with van der Waals surface area (Å²) in [6.07, 6.45) is 0. The molecular weight excluding hydrogens is 270 g/mol. The fraction of sp³-hybridized carbons (Fsp3) is 0.167. The number of hydrogen-bond acceptors (Lipinski definition) is 2. The van der Waals surface area contributed by atoms with Crippen LogP contribution in [0.4, 0.5) is 0 Å². The largest absolute Gasteiger partial charge is 0.320 e. The Bertz CT molecular complexity index is 464. The number of rotatable bonds is 2. The Morgan fingerprint density at radius 1 is 1.33 bits per heavy atom. The Hall–Kier alpha value is -0.640. The van der Waals surface area contributed by atoms with Gasteiger partial charge in [-0.25, -0.2) is 0 Å². The van der Waals surface area contributed by atoms with E-state index in [9.17, 15) is 0 Å². The van der Waals surface area contributed by atoms with Crippen molar-refractivity contribution in [2.24, 2.45) is 5.73 Å². The predicted molar refractivity (Wildman–Crippen MR) is 69.2 cm³/mol. The van der Waals surface area contributed by atoms with Crippen LogP contribution in [0.1, 0.15) is 22.0 Å². The Morgan fingerprint density at radius 2 is 2.13 bits per heavy atom. The number of aryl methyl sites for hydroxylation is 1. The van der Waals surface area contributed by atoms with Crippen molar-refractivity contribution in [2.75, 3.05) is 0 Å². The number of nitrogens with two attached hydrogens (primary N) is 1. The van der Waals surface area contributed by atoms with Gasteiger partial charge in [0.2, 0.25) is 0 Å². The zero-order valence-electron chi connectivity index (χ0n) is 8.41. The van der Waals surface area contributed by atoms with Gasteiger partial charge in [0.15, 0.2) is 0 Å². The average Bonchev–Trinajstić information content (AvgIpc) is 2.63. The summed E-state index contributed by atoms with van der Waals surface area (Å²) >= 11 is 5.20. The second-order valence-corrected chi connectivity index (χ2v) is 5.50. The number of benzene rings is 1. The summed E-state index contributed by atoms with van der Waals surface area (Å²) in [4.78, 5) is 1.29. The van der Waals surface area contributed by atoms with Crippen molar-refractivity contribution in [1.29, 1.82) is 0 Å². The van der Waals surface area contributed by atoms with E-state index in [-0.39, 0.29) is 6.04 Å². The van der Waals surface area contributed by atoms with Gasteiger partial charge in [0.1, 0.15) is 0 Å². The summed E-state index contributed by atoms with van der Waals surface area (Å²) < 4.78 is 1.07. The zero-order valence-corrected chi connectivity index (χ0v) is 10.8. The standard InChI is InChI=1S/C12H12BrNS/c1-8-11(5-6-15-8)12(14)9-3-2-4-10(13)7-9/h2-7,12H,14H2,1H3. The lowest BCUT2D eigenvalue weighted by molar-refractivity contribution is 0.868. The number of thiophene rings is 1. The maximum absolute atomic E-state index is 6.22. The summed E-state index contributed by atoms with van der Waals surface area (Å²) in [7, 11) is 0. The minimum atomic E-state index is -0.0197. The molecule has 15 heavy (non-hydrogen) atoms. The van der Waals surface area contributed by atoms with Crippen molar-refractivity contribution < 1.29 is 0 Å². The van der Waals surface area contributed by atoms with Crippen LogP contribution in [0, 0.1) is 6.92 Å². The van der Waals surface area contributed by atoms with E-state index in [4.69, 9.17) is 5.73 Å². The minimum Gasteiger partial charge on any atom is -0.320 e. The van der Waals surface area contributed by atoms with Crippen LogP contribution in [0.3, 0.4) is 0 Å². The van der Waals surface area contributed by atoms with Crippen LogP contribution in [0.2, 0.25) is 0 Å². The van der Waals surface area contributed by atoms with Gasteiger partial charge in [-0.3, -0.25) is 0 Å². The fourth-order valence-electron chi connectivity index (χ4n) is 1.60. The summed E-state index contributed by atoms with van der Waals surface area (Å²) in [5.74, 6) is 0. The lowest BCUT2D eigenvalue weighted by atomic mass is 10.0. The highest BCUT2D eigenvalue weighted by Crippen LogP contribution is 2.27. The maximum Gasteiger partial charge on any atom is 0.0562 e. The van der Waals surface area contributed by atoms with E-state index in [0.29, 0.717) is 0 Å². The van der Waals surface area contributed by atoms with Crippen LogP contribution in [0.5, 0.6) is 0 Å². The SMILES string of the molecule is Cc1sccc1C(N)c1cccc(Br)c1. The van der Waals surface area contributed by atoms with Crippen LogP contribution in [-0.2, 0) is 0 Å². The van der Waals surface area contributed by atoms with E-state index in [1.807, 2.05) is 12.1 Å². The third kappa shape index (κ3) is 2.30. The third-order valence-corrected chi connectivity index (χ3v) is 3.80. The first kappa shape index (κ1) is 10.9. The minimum absolute atomic E-state index is 0.0197. The predicted octanol–water partition coefficient (Wildman–Crippen LogP) is 3.87. The third-order valence-electron chi connectivity index (χ3n) is 2.44. The topological polar surface area (TPSA) is 26.0 Å². The monoisotopic (exact) mass is 281 g/mol. The Kier molecular flexibility index (Phi) is 3.24. The second-order valence-electron chi connectivity index (χ2n) is 3.46. The van der Waals surface area contributed by atoms with Gasteiger partial charge < -0.3 is 5.73 Å². The molecule has 0 spiro atoms. The summed E-state index contributed by atoms with van der Waals surface area (Å²) in [6, 6.07) is 10.2. The molecule has 0 bridgehead atoms. The van der Waals surface area contributed by atoms with Crippen molar-refractivity contribution in [3.05, 3.63) is 56.2 Å².